The molecule has 0 aliphatic heterocycles. The number of rotatable bonds is 7. The third kappa shape index (κ3) is 4.90. The minimum absolute atomic E-state index is 0.00246. The number of fused-ring (bicyclic) bond motifs is 1. The molecule has 0 spiro atoms. The number of hydrogen-bond donors (Lipinski definition) is 1. The van der Waals surface area contributed by atoms with Crippen LogP contribution in [0.15, 0.2) is 60.7 Å². The Balaban J connectivity index is 1.65. The van der Waals surface area contributed by atoms with E-state index in [0.717, 1.165) is 39.0 Å². The molecule has 0 aliphatic rings. The van der Waals surface area contributed by atoms with E-state index >= 15 is 0 Å². The molecule has 35 heavy (non-hydrogen) atoms. The standard InChI is InChI=1S/C29H30N4O2/c1-18(31-28-24-15-26(34-5)27(35-6)16-25(24)32-19(2)33-28)21-8-7-9-22(14-21)20-10-12-23(13-11-20)29(3,4)17-30/h7-16,18H,1-6H3,(H,31,32,33). The van der Waals surface area contributed by atoms with E-state index in [-0.39, 0.29) is 6.04 Å². The molecule has 0 aliphatic carbocycles. The van der Waals surface area contributed by atoms with E-state index in [2.05, 4.69) is 64.7 Å². The van der Waals surface area contributed by atoms with Crippen molar-refractivity contribution in [1.29, 1.82) is 5.26 Å². The zero-order valence-corrected chi connectivity index (χ0v) is 21.0. The van der Waals surface area contributed by atoms with Crippen LogP contribution in [-0.4, -0.2) is 24.2 Å². The molecule has 3 aromatic carbocycles. The molecule has 0 saturated heterocycles. The molecule has 6 nitrogen and oxygen atoms in total. The Morgan fingerprint density at radius 3 is 2.26 bits per heavy atom. The van der Waals surface area contributed by atoms with E-state index in [4.69, 9.17) is 9.47 Å². The summed E-state index contributed by atoms with van der Waals surface area (Å²) in [6, 6.07) is 22.8. The highest BCUT2D eigenvalue weighted by Crippen LogP contribution is 2.35. The molecule has 0 bridgehead atoms. The number of nitrogens with one attached hydrogen (secondary N) is 1. The van der Waals surface area contributed by atoms with E-state index in [1.165, 1.54) is 0 Å². The predicted octanol–water partition coefficient (Wildman–Crippen LogP) is 6.60. The highest BCUT2D eigenvalue weighted by atomic mass is 16.5. The second kappa shape index (κ2) is 9.63. The minimum Gasteiger partial charge on any atom is -0.493 e. The highest BCUT2D eigenvalue weighted by Gasteiger charge is 2.19. The maximum absolute atomic E-state index is 9.41. The quantitative estimate of drug-likeness (QED) is 0.331. The van der Waals surface area contributed by atoms with E-state index < -0.39 is 5.41 Å². The van der Waals surface area contributed by atoms with Gasteiger partial charge in [-0.25, -0.2) is 9.97 Å². The van der Waals surface area contributed by atoms with E-state index in [1.807, 2.05) is 45.0 Å². The predicted molar refractivity (Wildman–Crippen MR) is 140 cm³/mol. The van der Waals surface area contributed by atoms with Crippen LogP contribution in [0.25, 0.3) is 22.0 Å². The Bertz CT molecular complexity index is 1410. The summed E-state index contributed by atoms with van der Waals surface area (Å²) in [6.07, 6.45) is 0. The average molecular weight is 467 g/mol. The van der Waals surface area contributed by atoms with Gasteiger partial charge in [0.15, 0.2) is 11.5 Å². The van der Waals surface area contributed by atoms with Crippen molar-refractivity contribution in [1.82, 2.24) is 9.97 Å². The fourth-order valence-electron chi connectivity index (χ4n) is 4.10. The van der Waals surface area contributed by atoms with Crippen molar-refractivity contribution in [3.63, 3.8) is 0 Å². The topological polar surface area (TPSA) is 80.1 Å². The lowest BCUT2D eigenvalue weighted by Gasteiger charge is -2.19. The number of aryl methyl sites for hydroxylation is 1. The smallest absolute Gasteiger partial charge is 0.162 e. The largest absolute Gasteiger partial charge is 0.493 e. The summed E-state index contributed by atoms with van der Waals surface area (Å²) < 4.78 is 10.9. The van der Waals surface area contributed by atoms with Gasteiger partial charge in [0.05, 0.1) is 31.2 Å². The molecule has 178 valence electrons. The molecule has 0 amide bonds. The van der Waals surface area contributed by atoms with Gasteiger partial charge >= 0.3 is 0 Å². The van der Waals surface area contributed by atoms with Crippen LogP contribution in [-0.2, 0) is 5.41 Å². The molecule has 1 atom stereocenters. The fraction of sp³-hybridized carbons (Fsp3) is 0.276. The first-order valence-corrected chi connectivity index (χ1v) is 11.5. The lowest BCUT2D eigenvalue weighted by atomic mass is 9.85. The van der Waals surface area contributed by atoms with Crippen molar-refractivity contribution >= 4 is 16.7 Å². The van der Waals surface area contributed by atoms with Crippen LogP contribution in [0.2, 0.25) is 0 Å². The lowest BCUT2D eigenvalue weighted by molar-refractivity contribution is 0.356. The summed E-state index contributed by atoms with van der Waals surface area (Å²) in [6.45, 7) is 7.85. The average Bonchev–Trinajstić information content (AvgIpc) is 2.88. The molecule has 0 radical (unpaired) electrons. The van der Waals surface area contributed by atoms with Gasteiger partial charge in [0, 0.05) is 17.5 Å². The highest BCUT2D eigenvalue weighted by molar-refractivity contribution is 5.92. The van der Waals surface area contributed by atoms with Crippen LogP contribution >= 0.6 is 0 Å². The fourth-order valence-corrected chi connectivity index (χ4v) is 4.10. The number of anilines is 1. The summed E-state index contributed by atoms with van der Waals surface area (Å²) in [5, 5.41) is 13.8. The van der Waals surface area contributed by atoms with Gasteiger partial charge in [-0.2, -0.15) is 5.26 Å². The van der Waals surface area contributed by atoms with Gasteiger partial charge in [-0.3, -0.25) is 0 Å². The van der Waals surface area contributed by atoms with Gasteiger partial charge in [-0.05, 0) is 62.1 Å². The molecule has 1 heterocycles. The first kappa shape index (κ1) is 24.0. The minimum atomic E-state index is -0.510. The maximum atomic E-state index is 9.41. The molecule has 0 saturated carbocycles. The van der Waals surface area contributed by atoms with Crippen LogP contribution in [0, 0.1) is 18.3 Å². The molecule has 4 rings (SSSR count). The summed E-state index contributed by atoms with van der Waals surface area (Å²) in [4.78, 5) is 9.25. The Morgan fingerprint density at radius 1 is 0.914 bits per heavy atom. The Hall–Kier alpha value is -4.11. The zero-order valence-electron chi connectivity index (χ0n) is 21.0. The number of hydrogen-bond acceptors (Lipinski definition) is 6. The van der Waals surface area contributed by atoms with Gasteiger partial charge in [0.1, 0.15) is 11.6 Å². The first-order chi connectivity index (χ1) is 16.7. The van der Waals surface area contributed by atoms with Crippen molar-refractivity contribution in [3.8, 4) is 28.7 Å². The summed E-state index contributed by atoms with van der Waals surface area (Å²) in [5.74, 6) is 2.69. The normalized spacial score (nSPS) is 12.1. The Morgan fingerprint density at radius 2 is 1.60 bits per heavy atom. The molecule has 1 unspecified atom stereocenters. The van der Waals surface area contributed by atoms with Crippen LogP contribution < -0.4 is 14.8 Å². The molecule has 1 aromatic heterocycles. The lowest BCUT2D eigenvalue weighted by Crippen LogP contribution is -2.13. The Kier molecular flexibility index (Phi) is 6.61. The summed E-state index contributed by atoms with van der Waals surface area (Å²) >= 11 is 0. The number of methoxy groups -OCH3 is 2. The zero-order chi connectivity index (χ0) is 25.2. The van der Waals surface area contributed by atoms with Crippen LogP contribution in [0.5, 0.6) is 11.5 Å². The molecule has 0 fully saturated rings. The van der Waals surface area contributed by atoms with Crippen LogP contribution in [0.1, 0.15) is 43.8 Å². The number of ether oxygens (including phenoxy) is 2. The van der Waals surface area contributed by atoms with E-state index in [1.54, 1.807) is 14.2 Å². The van der Waals surface area contributed by atoms with Crippen LogP contribution in [0.4, 0.5) is 5.82 Å². The number of aromatic nitrogens is 2. The van der Waals surface area contributed by atoms with Gasteiger partial charge in [0.25, 0.3) is 0 Å². The van der Waals surface area contributed by atoms with Gasteiger partial charge in [-0.1, -0.05) is 42.5 Å². The van der Waals surface area contributed by atoms with Crippen molar-refractivity contribution in [2.45, 2.75) is 39.2 Å². The third-order valence-electron chi connectivity index (χ3n) is 6.27. The Labute approximate surface area is 206 Å². The number of benzene rings is 3. The second-order valence-corrected chi connectivity index (χ2v) is 9.15. The maximum Gasteiger partial charge on any atom is 0.162 e. The van der Waals surface area contributed by atoms with Gasteiger partial charge < -0.3 is 14.8 Å². The van der Waals surface area contributed by atoms with Crippen molar-refractivity contribution in [2.75, 3.05) is 19.5 Å². The molecular formula is C29H30N4O2. The van der Waals surface area contributed by atoms with Crippen LogP contribution in [0.3, 0.4) is 0 Å². The SMILES string of the molecule is COc1cc2nc(C)nc(NC(C)c3cccc(-c4ccc(C(C)(C)C#N)cc4)c3)c2cc1OC. The summed E-state index contributed by atoms with van der Waals surface area (Å²) in [7, 11) is 3.23. The number of nitrogens with zero attached hydrogens (tertiary/aromatic N) is 3. The van der Waals surface area contributed by atoms with Crippen molar-refractivity contribution in [3.05, 3.63) is 77.6 Å². The first-order valence-electron chi connectivity index (χ1n) is 11.5. The molecule has 4 aromatic rings. The molecule has 6 heteroatoms. The van der Waals surface area contributed by atoms with Crippen molar-refractivity contribution in [2.24, 2.45) is 0 Å². The van der Waals surface area contributed by atoms with Gasteiger partial charge in [0.2, 0.25) is 0 Å². The van der Waals surface area contributed by atoms with E-state index in [9.17, 15) is 5.26 Å². The second-order valence-electron chi connectivity index (χ2n) is 9.15. The number of nitriles is 1. The molecular weight excluding hydrogens is 436 g/mol. The summed E-state index contributed by atoms with van der Waals surface area (Å²) in [5.41, 5.74) is 4.65. The van der Waals surface area contributed by atoms with Crippen molar-refractivity contribution < 1.29 is 9.47 Å². The third-order valence-corrected chi connectivity index (χ3v) is 6.27. The monoisotopic (exact) mass is 466 g/mol. The van der Waals surface area contributed by atoms with Gasteiger partial charge in [-0.15, -0.1) is 0 Å². The van der Waals surface area contributed by atoms with E-state index in [0.29, 0.717) is 17.3 Å². The molecule has 1 N–H and O–H groups in total.